The van der Waals surface area contributed by atoms with Crippen LogP contribution in [0, 0.1) is 0 Å². The Balaban J connectivity index is 2.96. The molecule has 0 fully saturated rings. The Labute approximate surface area is 75.0 Å². The van der Waals surface area contributed by atoms with Crippen LogP contribution in [0.15, 0.2) is 12.3 Å². The molecule has 5 heteroatoms. The van der Waals surface area contributed by atoms with Gasteiger partial charge in [0.2, 0.25) is 0 Å². The largest absolute Gasteiger partial charge is 0.480 e. The second-order valence-electron chi connectivity index (χ2n) is 3.24. The van der Waals surface area contributed by atoms with Crippen molar-refractivity contribution in [2.75, 3.05) is 0 Å². The van der Waals surface area contributed by atoms with E-state index >= 15 is 0 Å². The van der Waals surface area contributed by atoms with Gasteiger partial charge >= 0.3 is 5.97 Å². The highest BCUT2D eigenvalue weighted by Crippen LogP contribution is 2.23. The van der Waals surface area contributed by atoms with Crippen molar-refractivity contribution in [3.05, 3.63) is 18.0 Å². The molecule has 0 spiro atoms. The summed E-state index contributed by atoms with van der Waals surface area (Å²) in [6, 6.07) is 1.48. The summed E-state index contributed by atoms with van der Waals surface area (Å²) >= 11 is 0. The Morgan fingerprint density at radius 1 is 1.77 bits per heavy atom. The molecule has 0 aliphatic carbocycles. The molecular weight excluding hydrogens is 175 g/mol. The van der Waals surface area contributed by atoms with Gasteiger partial charge in [0.15, 0.2) is 0 Å². The topological polar surface area (TPSA) is 55.1 Å². The lowest BCUT2D eigenvalue weighted by molar-refractivity contribution is -0.138. The number of rotatable bonds is 3. The fraction of sp³-hybridized carbons (Fsp3) is 0.500. The van der Waals surface area contributed by atoms with Crippen LogP contribution in [0.1, 0.15) is 19.5 Å². The average Bonchev–Trinajstić information content (AvgIpc) is 2.31. The van der Waals surface area contributed by atoms with Gasteiger partial charge in [0.05, 0.1) is 5.69 Å². The molecule has 1 N–H and O–H groups in total. The van der Waals surface area contributed by atoms with E-state index in [0.29, 0.717) is 0 Å². The highest BCUT2D eigenvalue weighted by molar-refractivity contribution is 5.66. The lowest BCUT2D eigenvalue weighted by atomic mass is 10.1. The van der Waals surface area contributed by atoms with E-state index in [9.17, 15) is 9.18 Å². The van der Waals surface area contributed by atoms with Crippen molar-refractivity contribution in [1.29, 1.82) is 0 Å². The van der Waals surface area contributed by atoms with E-state index in [4.69, 9.17) is 5.11 Å². The maximum absolute atomic E-state index is 13.4. The van der Waals surface area contributed by atoms with Gasteiger partial charge in [-0.1, -0.05) is 0 Å². The van der Waals surface area contributed by atoms with Crippen molar-refractivity contribution in [3.8, 4) is 0 Å². The van der Waals surface area contributed by atoms with Crippen LogP contribution in [0.25, 0.3) is 0 Å². The van der Waals surface area contributed by atoms with Crippen LogP contribution >= 0.6 is 0 Å². The van der Waals surface area contributed by atoms with E-state index in [1.54, 1.807) is 0 Å². The zero-order chi connectivity index (χ0) is 10.1. The van der Waals surface area contributed by atoms with Gasteiger partial charge in [0.1, 0.15) is 12.2 Å². The van der Waals surface area contributed by atoms with Crippen LogP contribution in [0.4, 0.5) is 4.39 Å². The van der Waals surface area contributed by atoms with E-state index in [-0.39, 0.29) is 12.2 Å². The SMILES string of the molecule is CC(C)(F)c1ccnn1CC(=O)O. The molecule has 0 amide bonds. The Hall–Kier alpha value is -1.39. The number of carbonyl (C=O) groups is 1. The standard InChI is InChI=1S/C8H11FN2O2/c1-8(2,9)6-3-4-10-11(6)5-7(12)13/h3-4H,5H2,1-2H3,(H,12,13). The van der Waals surface area contributed by atoms with Gasteiger partial charge < -0.3 is 5.11 Å². The fourth-order valence-electron chi connectivity index (χ4n) is 1.09. The minimum Gasteiger partial charge on any atom is -0.480 e. The smallest absolute Gasteiger partial charge is 0.325 e. The van der Waals surface area contributed by atoms with Crippen LogP contribution in [0.2, 0.25) is 0 Å². The van der Waals surface area contributed by atoms with Gasteiger partial charge in [-0.3, -0.25) is 9.48 Å². The van der Waals surface area contributed by atoms with Gasteiger partial charge in [-0.2, -0.15) is 5.10 Å². The number of hydrogen-bond donors (Lipinski definition) is 1. The minimum absolute atomic E-state index is 0.273. The van der Waals surface area contributed by atoms with Gasteiger partial charge in [-0.15, -0.1) is 0 Å². The Morgan fingerprint density at radius 3 is 2.85 bits per heavy atom. The van der Waals surface area contributed by atoms with Crippen LogP contribution in [0.3, 0.4) is 0 Å². The highest BCUT2D eigenvalue weighted by Gasteiger charge is 2.23. The molecule has 72 valence electrons. The Morgan fingerprint density at radius 2 is 2.38 bits per heavy atom. The number of nitrogens with zero attached hydrogens (tertiary/aromatic N) is 2. The monoisotopic (exact) mass is 186 g/mol. The van der Waals surface area contributed by atoms with E-state index < -0.39 is 11.6 Å². The summed E-state index contributed by atoms with van der Waals surface area (Å²) in [6.07, 6.45) is 1.39. The molecule has 0 saturated carbocycles. The molecule has 1 rings (SSSR count). The Bertz CT molecular complexity index is 314. The van der Waals surface area contributed by atoms with Crippen LogP contribution < -0.4 is 0 Å². The van der Waals surface area contributed by atoms with Crippen LogP contribution in [-0.2, 0) is 17.0 Å². The summed E-state index contributed by atoms with van der Waals surface area (Å²) in [6.45, 7) is 2.42. The predicted octanol–water partition coefficient (Wildman–Crippen LogP) is 1.17. The zero-order valence-corrected chi connectivity index (χ0v) is 7.49. The first-order chi connectivity index (χ1) is 5.91. The van der Waals surface area contributed by atoms with Gasteiger partial charge in [-0.25, -0.2) is 4.39 Å². The van der Waals surface area contributed by atoms with Crippen molar-refractivity contribution in [1.82, 2.24) is 9.78 Å². The predicted molar refractivity (Wildman–Crippen MR) is 44.0 cm³/mol. The summed E-state index contributed by atoms with van der Waals surface area (Å²) in [7, 11) is 0. The molecule has 1 aromatic rings. The first-order valence-electron chi connectivity index (χ1n) is 3.84. The number of hydrogen-bond acceptors (Lipinski definition) is 2. The van der Waals surface area contributed by atoms with Gasteiger partial charge in [0, 0.05) is 6.20 Å². The molecule has 4 nitrogen and oxygen atoms in total. The van der Waals surface area contributed by atoms with Crippen LogP contribution in [-0.4, -0.2) is 20.9 Å². The molecule has 0 atom stereocenters. The lowest BCUT2D eigenvalue weighted by Crippen LogP contribution is -2.20. The molecule has 0 radical (unpaired) electrons. The molecule has 0 aliphatic rings. The number of carboxylic acid groups (broad SMARTS) is 1. The molecule has 0 aromatic carbocycles. The third-order valence-corrected chi connectivity index (χ3v) is 1.61. The fourth-order valence-corrected chi connectivity index (χ4v) is 1.09. The molecule has 0 saturated heterocycles. The molecule has 0 aliphatic heterocycles. The highest BCUT2D eigenvalue weighted by atomic mass is 19.1. The third kappa shape index (κ3) is 2.27. The number of aromatic nitrogens is 2. The quantitative estimate of drug-likeness (QED) is 0.770. The minimum atomic E-state index is -1.56. The van der Waals surface area contributed by atoms with E-state index in [1.165, 1.54) is 26.1 Å². The van der Waals surface area contributed by atoms with E-state index in [2.05, 4.69) is 5.10 Å². The molecule has 1 aromatic heterocycles. The maximum atomic E-state index is 13.4. The van der Waals surface area contributed by atoms with Gasteiger partial charge in [-0.05, 0) is 19.9 Å². The average molecular weight is 186 g/mol. The lowest BCUT2D eigenvalue weighted by Gasteiger charge is -2.15. The summed E-state index contributed by atoms with van der Waals surface area (Å²) in [5.41, 5.74) is -1.29. The van der Waals surface area contributed by atoms with Crippen molar-refractivity contribution in [3.63, 3.8) is 0 Å². The molecule has 0 bridgehead atoms. The molecular formula is C8H11FN2O2. The molecule has 0 unspecified atom stereocenters. The third-order valence-electron chi connectivity index (χ3n) is 1.61. The number of carboxylic acids is 1. The van der Waals surface area contributed by atoms with Crippen molar-refractivity contribution < 1.29 is 14.3 Å². The van der Waals surface area contributed by atoms with Crippen LogP contribution in [0.5, 0.6) is 0 Å². The van der Waals surface area contributed by atoms with Crippen molar-refractivity contribution in [2.45, 2.75) is 26.1 Å². The van der Waals surface area contributed by atoms with Gasteiger partial charge in [0.25, 0.3) is 0 Å². The first-order valence-corrected chi connectivity index (χ1v) is 3.84. The maximum Gasteiger partial charge on any atom is 0.325 e. The van der Waals surface area contributed by atoms with E-state index in [0.717, 1.165) is 4.68 Å². The summed E-state index contributed by atoms with van der Waals surface area (Å²) < 4.78 is 14.6. The number of halogens is 1. The van der Waals surface area contributed by atoms with Crippen molar-refractivity contribution in [2.24, 2.45) is 0 Å². The summed E-state index contributed by atoms with van der Waals surface area (Å²) in [4.78, 5) is 10.4. The number of aliphatic carboxylic acids is 1. The molecule has 1 heterocycles. The first kappa shape index (κ1) is 9.70. The second-order valence-corrected chi connectivity index (χ2v) is 3.24. The molecule has 13 heavy (non-hydrogen) atoms. The summed E-state index contributed by atoms with van der Waals surface area (Å²) in [5.74, 6) is -1.03. The Kier molecular flexibility index (Phi) is 2.36. The summed E-state index contributed by atoms with van der Waals surface area (Å²) in [5, 5.41) is 12.2. The zero-order valence-electron chi connectivity index (χ0n) is 7.49. The number of alkyl halides is 1. The van der Waals surface area contributed by atoms with Crippen molar-refractivity contribution >= 4 is 5.97 Å². The van der Waals surface area contributed by atoms with E-state index in [1.807, 2.05) is 0 Å². The second kappa shape index (κ2) is 3.16. The normalized spacial score (nSPS) is 11.6.